The van der Waals surface area contributed by atoms with Gasteiger partial charge in [-0.2, -0.15) is 0 Å². The van der Waals surface area contributed by atoms with Crippen LogP contribution in [-0.2, 0) is 19.6 Å². The number of hydrogen-bond donors (Lipinski definition) is 0. The molecule has 0 aromatic heterocycles. The number of carbonyl (C=O) groups is 1. The Balaban J connectivity index is 2.40. The molecular weight excluding hydrogens is 314 g/mol. The maximum Gasteiger partial charge on any atom is 0.340 e. The summed E-state index contributed by atoms with van der Waals surface area (Å²) < 4.78 is 31.2. The highest BCUT2D eigenvalue weighted by Crippen LogP contribution is 2.41. The summed E-state index contributed by atoms with van der Waals surface area (Å²) in [5, 5.41) is 0. The third-order valence-electron chi connectivity index (χ3n) is 3.78. The molecular formula is C17H15NO4S. The molecule has 0 saturated carbocycles. The number of rotatable bonds is 2. The Kier molecular flexibility index (Phi) is 3.69. The molecule has 6 heteroatoms. The lowest BCUT2D eigenvalue weighted by atomic mass is 9.99. The summed E-state index contributed by atoms with van der Waals surface area (Å²) in [7, 11) is -0.941. The van der Waals surface area contributed by atoms with Crippen LogP contribution < -0.4 is 0 Å². The van der Waals surface area contributed by atoms with Gasteiger partial charge in [0.15, 0.2) is 0 Å². The first-order chi connectivity index (χ1) is 11.0. The molecule has 0 radical (unpaired) electrons. The van der Waals surface area contributed by atoms with Gasteiger partial charge in [0.2, 0.25) is 0 Å². The Morgan fingerprint density at radius 3 is 2.26 bits per heavy atom. The van der Waals surface area contributed by atoms with Crippen molar-refractivity contribution in [1.29, 1.82) is 0 Å². The zero-order valence-corrected chi connectivity index (χ0v) is 13.5. The zero-order valence-electron chi connectivity index (χ0n) is 12.7. The molecule has 0 aliphatic carbocycles. The average molecular weight is 329 g/mol. The van der Waals surface area contributed by atoms with Gasteiger partial charge in [0.25, 0.3) is 10.0 Å². The Morgan fingerprint density at radius 2 is 1.61 bits per heavy atom. The molecule has 0 spiro atoms. The van der Waals surface area contributed by atoms with Crippen molar-refractivity contribution in [1.82, 2.24) is 4.31 Å². The standard InChI is InChI=1S/C17H15NO4S/c1-18-16(13-10-6-7-11-14(13)23(18,20)21)15(17(19)22-2)12-8-4-3-5-9-12/h3-11H,1-2H3/b16-15+. The van der Waals surface area contributed by atoms with Gasteiger partial charge < -0.3 is 4.74 Å². The van der Waals surface area contributed by atoms with E-state index in [1.165, 1.54) is 20.2 Å². The number of nitrogens with zero attached hydrogens (tertiary/aromatic N) is 1. The molecule has 0 N–H and O–H groups in total. The SMILES string of the molecule is COC(=O)/C(=C1\c2ccccc2S(=O)(=O)N1C)c1ccccc1. The number of ether oxygens (including phenoxy) is 1. The van der Waals surface area contributed by atoms with Crippen molar-refractivity contribution < 1.29 is 17.9 Å². The number of fused-ring (bicyclic) bond motifs is 1. The predicted molar refractivity (Wildman–Crippen MR) is 86.7 cm³/mol. The molecule has 1 heterocycles. The molecule has 0 atom stereocenters. The van der Waals surface area contributed by atoms with Gasteiger partial charge >= 0.3 is 5.97 Å². The molecule has 2 aromatic rings. The van der Waals surface area contributed by atoms with Crippen molar-refractivity contribution in [2.24, 2.45) is 0 Å². The Hall–Kier alpha value is -2.60. The highest BCUT2D eigenvalue weighted by molar-refractivity contribution is 7.90. The highest BCUT2D eigenvalue weighted by Gasteiger charge is 2.38. The third-order valence-corrected chi connectivity index (χ3v) is 5.60. The topological polar surface area (TPSA) is 63.7 Å². The van der Waals surface area contributed by atoms with E-state index >= 15 is 0 Å². The van der Waals surface area contributed by atoms with Crippen LogP contribution in [0.25, 0.3) is 11.3 Å². The highest BCUT2D eigenvalue weighted by atomic mass is 32.2. The molecule has 2 aromatic carbocycles. The molecule has 23 heavy (non-hydrogen) atoms. The van der Waals surface area contributed by atoms with Gasteiger partial charge in [0.05, 0.1) is 23.3 Å². The van der Waals surface area contributed by atoms with E-state index in [1.807, 2.05) is 6.07 Å². The van der Waals surface area contributed by atoms with Crippen molar-refractivity contribution in [3.05, 3.63) is 65.7 Å². The molecule has 0 saturated heterocycles. The third kappa shape index (κ3) is 2.31. The molecule has 118 valence electrons. The summed E-state index contributed by atoms with van der Waals surface area (Å²) in [6, 6.07) is 15.5. The number of carbonyl (C=O) groups excluding carboxylic acids is 1. The van der Waals surface area contributed by atoms with Crippen molar-refractivity contribution in [2.45, 2.75) is 4.90 Å². The van der Waals surface area contributed by atoms with Gasteiger partial charge in [-0.1, -0.05) is 48.5 Å². The van der Waals surface area contributed by atoms with E-state index in [-0.39, 0.29) is 10.5 Å². The smallest absolute Gasteiger partial charge is 0.340 e. The van der Waals surface area contributed by atoms with Crippen LogP contribution in [0.3, 0.4) is 0 Å². The first-order valence-electron chi connectivity index (χ1n) is 6.95. The van der Waals surface area contributed by atoms with Gasteiger partial charge in [-0.3, -0.25) is 4.31 Å². The monoisotopic (exact) mass is 329 g/mol. The van der Waals surface area contributed by atoms with E-state index in [0.29, 0.717) is 16.8 Å². The van der Waals surface area contributed by atoms with E-state index in [9.17, 15) is 13.2 Å². The predicted octanol–water partition coefficient (Wildman–Crippen LogP) is 2.36. The van der Waals surface area contributed by atoms with E-state index < -0.39 is 16.0 Å². The summed E-state index contributed by atoms with van der Waals surface area (Å²) in [6.07, 6.45) is 0. The van der Waals surface area contributed by atoms with E-state index in [2.05, 4.69) is 0 Å². The molecule has 0 fully saturated rings. The summed E-state index contributed by atoms with van der Waals surface area (Å²) in [6.45, 7) is 0. The normalized spacial score (nSPS) is 17.6. The fraction of sp³-hybridized carbons (Fsp3) is 0.118. The molecule has 5 nitrogen and oxygen atoms in total. The van der Waals surface area contributed by atoms with Crippen LogP contribution in [0.2, 0.25) is 0 Å². The van der Waals surface area contributed by atoms with Crippen LogP contribution >= 0.6 is 0 Å². The van der Waals surface area contributed by atoms with E-state index in [1.54, 1.807) is 42.5 Å². The summed E-state index contributed by atoms with van der Waals surface area (Å²) in [4.78, 5) is 12.6. The van der Waals surface area contributed by atoms with Crippen LogP contribution in [0.4, 0.5) is 0 Å². The number of benzene rings is 2. The molecule has 0 bridgehead atoms. The quantitative estimate of drug-likeness (QED) is 0.627. The zero-order chi connectivity index (χ0) is 16.6. The maximum atomic E-state index is 12.6. The van der Waals surface area contributed by atoms with Crippen LogP contribution in [-0.4, -0.2) is 32.8 Å². The lowest BCUT2D eigenvalue weighted by molar-refractivity contribution is -0.133. The minimum Gasteiger partial charge on any atom is -0.465 e. The first-order valence-corrected chi connectivity index (χ1v) is 8.39. The minimum absolute atomic E-state index is 0.190. The van der Waals surface area contributed by atoms with Crippen LogP contribution in [0.5, 0.6) is 0 Å². The first kappa shape index (κ1) is 15.3. The molecule has 1 aliphatic rings. The second kappa shape index (κ2) is 5.55. The van der Waals surface area contributed by atoms with Crippen LogP contribution in [0.1, 0.15) is 11.1 Å². The van der Waals surface area contributed by atoms with Gasteiger partial charge in [0, 0.05) is 12.6 Å². The Morgan fingerprint density at radius 1 is 1.00 bits per heavy atom. The molecule has 3 rings (SSSR count). The maximum absolute atomic E-state index is 12.6. The van der Waals surface area contributed by atoms with Crippen LogP contribution in [0.15, 0.2) is 59.5 Å². The fourth-order valence-electron chi connectivity index (χ4n) is 2.67. The number of methoxy groups -OCH3 is 1. The minimum atomic E-state index is -3.66. The van der Waals surface area contributed by atoms with Gasteiger partial charge in [-0.15, -0.1) is 0 Å². The number of sulfonamides is 1. The summed E-state index contributed by atoms with van der Waals surface area (Å²) >= 11 is 0. The van der Waals surface area contributed by atoms with Crippen molar-refractivity contribution >= 4 is 27.3 Å². The van der Waals surface area contributed by atoms with Crippen molar-refractivity contribution in [3.63, 3.8) is 0 Å². The second-order valence-electron chi connectivity index (χ2n) is 5.05. The average Bonchev–Trinajstić information content (AvgIpc) is 2.77. The van der Waals surface area contributed by atoms with E-state index in [0.717, 1.165) is 4.31 Å². The van der Waals surface area contributed by atoms with Crippen molar-refractivity contribution in [2.75, 3.05) is 14.2 Å². The van der Waals surface area contributed by atoms with Gasteiger partial charge in [0.1, 0.15) is 0 Å². The van der Waals surface area contributed by atoms with Gasteiger partial charge in [-0.25, -0.2) is 13.2 Å². The summed E-state index contributed by atoms with van der Waals surface area (Å²) in [5.41, 5.74) is 1.66. The number of hydrogen-bond acceptors (Lipinski definition) is 4. The summed E-state index contributed by atoms with van der Waals surface area (Å²) in [5.74, 6) is -0.579. The second-order valence-corrected chi connectivity index (χ2v) is 6.99. The number of esters is 1. The fourth-order valence-corrected chi connectivity index (χ4v) is 4.09. The van der Waals surface area contributed by atoms with Crippen LogP contribution in [0, 0.1) is 0 Å². The molecule has 1 aliphatic heterocycles. The van der Waals surface area contributed by atoms with E-state index in [4.69, 9.17) is 4.74 Å². The van der Waals surface area contributed by atoms with Gasteiger partial charge in [-0.05, 0) is 11.6 Å². The lowest BCUT2D eigenvalue weighted by Crippen LogP contribution is -2.21. The lowest BCUT2D eigenvalue weighted by Gasteiger charge is -2.17. The largest absolute Gasteiger partial charge is 0.465 e. The Labute approximate surface area is 134 Å². The molecule has 0 amide bonds. The Bertz CT molecular complexity index is 901. The van der Waals surface area contributed by atoms with Crippen molar-refractivity contribution in [3.8, 4) is 0 Å². The molecule has 0 unspecified atom stereocenters.